The maximum atomic E-state index is 12.6. The number of amides is 1. The third-order valence-corrected chi connectivity index (χ3v) is 3.62. The van der Waals surface area contributed by atoms with Crippen molar-refractivity contribution in [1.82, 2.24) is 20.0 Å². The minimum absolute atomic E-state index is 0.0325. The fourth-order valence-corrected chi connectivity index (χ4v) is 2.64. The number of aromatic nitrogens is 2. The standard InChI is InChI=1S/C14H18N4O/c1-10-9-18(8-7-15-10)14(19)13-11-5-3-4-6-12(11)17(2)16-13/h3-6,10,15H,7-9H2,1-2H3/t10-/m1/s1. The van der Waals surface area contributed by atoms with Crippen molar-refractivity contribution >= 4 is 16.8 Å². The predicted octanol–water partition coefficient (Wildman–Crippen LogP) is 1.01. The summed E-state index contributed by atoms with van der Waals surface area (Å²) in [4.78, 5) is 14.5. The molecule has 0 spiro atoms. The normalized spacial score (nSPS) is 19.9. The number of hydrogen-bond donors (Lipinski definition) is 1. The summed E-state index contributed by atoms with van der Waals surface area (Å²) in [5, 5.41) is 8.67. The van der Waals surface area contributed by atoms with E-state index in [-0.39, 0.29) is 5.91 Å². The summed E-state index contributed by atoms with van der Waals surface area (Å²) in [7, 11) is 1.87. The minimum Gasteiger partial charge on any atom is -0.334 e. The smallest absolute Gasteiger partial charge is 0.275 e. The van der Waals surface area contributed by atoms with E-state index < -0.39 is 0 Å². The van der Waals surface area contributed by atoms with Crippen LogP contribution < -0.4 is 5.32 Å². The SMILES string of the molecule is C[C@@H]1CN(C(=O)c2nn(C)c3ccccc23)CCN1. The maximum Gasteiger partial charge on any atom is 0.275 e. The molecule has 0 radical (unpaired) electrons. The zero-order chi connectivity index (χ0) is 13.4. The summed E-state index contributed by atoms with van der Waals surface area (Å²) >= 11 is 0. The van der Waals surface area contributed by atoms with Gasteiger partial charge in [-0.15, -0.1) is 0 Å². The molecule has 1 aliphatic rings. The quantitative estimate of drug-likeness (QED) is 0.830. The largest absolute Gasteiger partial charge is 0.334 e. The second kappa shape index (κ2) is 4.66. The maximum absolute atomic E-state index is 12.6. The minimum atomic E-state index is 0.0325. The van der Waals surface area contributed by atoms with Crippen molar-refractivity contribution in [2.75, 3.05) is 19.6 Å². The first-order valence-corrected chi connectivity index (χ1v) is 6.61. The summed E-state index contributed by atoms with van der Waals surface area (Å²) in [6.07, 6.45) is 0. The van der Waals surface area contributed by atoms with E-state index in [1.165, 1.54) is 0 Å². The molecule has 1 aliphatic heterocycles. The highest BCUT2D eigenvalue weighted by Gasteiger charge is 2.25. The molecular weight excluding hydrogens is 240 g/mol. The molecular formula is C14H18N4O. The Labute approximate surface area is 112 Å². The lowest BCUT2D eigenvalue weighted by Crippen LogP contribution is -2.51. The van der Waals surface area contributed by atoms with Gasteiger partial charge in [0.2, 0.25) is 0 Å². The topological polar surface area (TPSA) is 50.2 Å². The van der Waals surface area contributed by atoms with Gasteiger partial charge < -0.3 is 10.2 Å². The van der Waals surface area contributed by atoms with E-state index >= 15 is 0 Å². The molecule has 5 nitrogen and oxygen atoms in total. The molecule has 0 unspecified atom stereocenters. The molecule has 5 heteroatoms. The van der Waals surface area contributed by atoms with Gasteiger partial charge in [0.15, 0.2) is 5.69 Å². The van der Waals surface area contributed by atoms with Crippen LogP contribution in [0.2, 0.25) is 0 Å². The Bertz CT molecular complexity index is 619. The molecule has 2 aromatic rings. The van der Waals surface area contributed by atoms with E-state index in [0.29, 0.717) is 11.7 Å². The second-order valence-corrected chi connectivity index (χ2v) is 5.10. The number of nitrogens with one attached hydrogen (secondary N) is 1. The Balaban J connectivity index is 1.97. The number of para-hydroxylation sites is 1. The highest BCUT2D eigenvalue weighted by Crippen LogP contribution is 2.19. The number of aryl methyl sites for hydroxylation is 1. The summed E-state index contributed by atoms with van der Waals surface area (Å²) in [5.74, 6) is 0.0325. The average molecular weight is 258 g/mol. The number of carbonyl (C=O) groups is 1. The molecule has 0 saturated carbocycles. The molecule has 0 aliphatic carbocycles. The number of nitrogens with zero attached hydrogens (tertiary/aromatic N) is 3. The van der Waals surface area contributed by atoms with Gasteiger partial charge in [-0.05, 0) is 13.0 Å². The number of rotatable bonds is 1. The van der Waals surface area contributed by atoms with Crippen LogP contribution in [-0.4, -0.2) is 46.3 Å². The van der Waals surface area contributed by atoms with Crippen molar-refractivity contribution < 1.29 is 4.79 Å². The molecule has 1 amide bonds. The van der Waals surface area contributed by atoms with Crippen LogP contribution in [0.1, 0.15) is 17.4 Å². The van der Waals surface area contributed by atoms with Gasteiger partial charge in [0.05, 0.1) is 5.52 Å². The second-order valence-electron chi connectivity index (χ2n) is 5.10. The summed E-state index contributed by atoms with van der Waals surface area (Å²) in [6, 6.07) is 8.19. The highest BCUT2D eigenvalue weighted by atomic mass is 16.2. The molecule has 1 atom stereocenters. The van der Waals surface area contributed by atoms with Gasteiger partial charge in [-0.2, -0.15) is 5.10 Å². The molecule has 1 N–H and O–H groups in total. The van der Waals surface area contributed by atoms with E-state index in [9.17, 15) is 4.79 Å². The summed E-state index contributed by atoms with van der Waals surface area (Å²) in [5.41, 5.74) is 1.56. The van der Waals surface area contributed by atoms with Gasteiger partial charge in [-0.3, -0.25) is 9.48 Å². The zero-order valence-corrected chi connectivity index (χ0v) is 11.3. The molecule has 1 fully saturated rings. The van der Waals surface area contributed by atoms with Crippen LogP contribution in [0.25, 0.3) is 10.9 Å². The third-order valence-electron chi connectivity index (χ3n) is 3.62. The van der Waals surface area contributed by atoms with Gasteiger partial charge in [-0.25, -0.2) is 0 Å². The van der Waals surface area contributed by atoms with E-state index in [2.05, 4.69) is 17.3 Å². The lowest BCUT2D eigenvalue weighted by molar-refractivity contribution is 0.0704. The van der Waals surface area contributed by atoms with E-state index in [1.54, 1.807) is 4.68 Å². The molecule has 0 bridgehead atoms. The van der Waals surface area contributed by atoms with Gasteiger partial charge in [0.25, 0.3) is 5.91 Å². The van der Waals surface area contributed by atoms with Gasteiger partial charge in [-0.1, -0.05) is 18.2 Å². The van der Waals surface area contributed by atoms with Gasteiger partial charge in [0, 0.05) is 38.1 Å². The fraction of sp³-hybridized carbons (Fsp3) is 0.429. The molecule has 3 rings (SSSR count). The predicted molar refractivity (Wildman–Crippen MR) is 74.1 cm³/mol. The Morgan fingerprint density at radius 1 is 1.42 bits per heavy atom. The summed E-state index contributed by atoms with van der Waals surface area (Å²) in [6.45, 7) is 4.42. The van der Waals surface area contributed by atoms with Crippen LogP contribution in [0.15, 0.2) is 24.3 Å². The Hall–Kier alpha value is -1.88. The van der Waals surface area contributed by atoms with Gasteiger partial charge >= 0.3 is 0 Å². The first kappa shape index (κ1) is 12.2. The average Bonchev–Trinajstić information content (AvgIpc) is 2.76. The van der Waals surface area contributed by atoms with Crippen molar-refractivity contribution in [1.29, 1.82) is 0 Å². The Morgan fingerprint density at radius 2 is 2.21 bits per heavy atom. The van der Waals surface area contributed by atoms with Crippen LogP contribution in [0, 0.1) is 0 Å². The summed E-state index contributed by atoms with van der Waals surface area (Å²) < 4.78 is 1.77. The fourth-order valence-electron chi connectivity index (χ4n) is 2.64. The van der Waals surface area contributed by atoms with Crippen LogP contribution >= 0.6 is 0 Å². The number of hydrogen-bond acceptors (Lipinski definition) is 3. The van der Waals surface area contributed by atoms with Crippen molar-refractivity contribution in [3.05, 3.63) is 30.0 Å². The van der Waals surface area contributed by atoms with Gasteiger partial charge in [0.1, 0.15) is 0 Å². The van der Waals surface area contributed by atoms with Crippen molar-refractivity contribution in [2.24, 2.45) is 7.05 Å². The first-order chi connectivity index (χ1) is 9.16. The van der Waals surface area contributed by atoms with E-state index in [0.717, 1.165) is 30.5 Å². The van der Waals surface area contributed by atoms with Crippen LogP contribution in [0.4, 0.5) is 0 Å². The highest BCUT2D eigenvalue weighted by molar-refractivity contribution is 6.04. The van der Waals surface area contributed by atoms with Crippen LogP contribution in [0.5, 0.6) is 0 Å². The van der Waals surface area contributed by atoms with Crippen LogP contribution in [-0.2, 0) is 7.05 Å². The molecule has 19 heavy (non-hydrogen) atoms. The lowest BCUT2D eigenvalue weighted by Gasteiger charge is -2.31. The van der Waals surface area contributed by atoms with E-state index in [1.807, 2.05) is 36.2 Å². The molecule has 1 aromatic heterocycles. The molecule has 1 saturated heterocycles. The zero-order valence-electron chi connectivity index (χ0n) is 11.3. The molecule has 100 valence electrons. The number of fused-ring (bicyclic) bond motifs is 1. The number of carbonyl (C=O) groups excluding carboxylic acids is 1. The Morgan fingerprint density at radius 3 is 3.00 bits per heavy atom. The van der Waals surface area contributed by atoms with Crippen molar-refractivity contribution in [2.45, 2.75) is 13.0 Å². The number of benzene rings is 1. The third kappa shape index (κ3) is 2.10. The number of piperazine rings is 1. The van der Waals surface area contributed by atoms with Crippen molar-refractivity contribution in [3.63, 3.8) is 0 Å². The first-order valence-electron chi connectivity index (χ1n) is 6.61. The Kier molecular flexibility index (Phi) is 2.98. The van der Waals surface area contributed by atoms with Crippen LogP contribution in [0.3, 0.4) is 0 Å². The van der Waals surface area contributed by atoms with E-state index in [4.69, 9.17) is 0 Å². The monoisotopic (exact) mass is 258 g/mol. The lowest BCUT2D eigenvalue weighted by atomic mass is 10.1. The molecule has 2 heterocycles. The van der Waals surface area contributed by atoms with Crippen molar-refractivity contribution in [3.8, 4) is 0 Å². The molecule has 1 aromatic carbocycles.